The third kappa shape index (κ3) is 6.85. The monoisotopic (exact) mass is 507 g/mol. The molecule has 4 rings (SSSR count). The van der Waals surface area contributed by atoms with Crippen molar-refractivity contribution in [1.82, 2.24) is 4.98 Å². The van der Waals surface area contributed by atoms with Gasteiger partial charge in [-0.1, -0.05) is 19.1 Å². The normalized spacial score (nSPS) is 16.1. The van der Waals surface area contributed by atoms with E-state index in [1.54, 1.807) is 5.38 Å². The fourth-order valence-corrected chi connectivity index (χ4v) is 5.01. The first-order chi connectivity index (χ1) is 17.3. The van der Waals surface area contributed by atoms with E-state index in [0.29, 0.717) is 17.2 Å². The van der Waals surface area contributed by atoms with Crippen molar-refractivity contribution < 1.29 is 19.1 Å². The molecule has 0 spiro atoms. The summed E-state index contributed by atoms with van der Waals surface area (Å²) in [6.07, 6.45) is 1.61. The average Bonchev–Trinajstić information content (AvgIpc) is 3.49. The maximum Gasteiger partial charge on any atom is 0.223 e. The summed E-state index contributed by atoms with van der Waals surface area (Å²) in [5, 5.41) is 4.75. The number of carbonyl (C=O) groups excluding carboxylic acids is 2. The number of nitrogens with zero attached hydrogens (tertiary/aromatic N) is 2. The minimum Gasteiger partial charge on any atom is -0.491 e. The molecule has 1 saturated heterocycles. The topological polar surface area (TPSA) is 80.8 Å². The van der Waals surface area contributed by atoms with Crippen molar-refractivity contribution in [2.45, 2.75) is 58.7 Å². The lowest BCUT2D eigenvalue weighted by atomic mass is 9.95. The number of amides is 1. The van der Waals surface area contributed by atoms with Crippen LogP contribution in [0.15, 0.2) is 53.9 Å². The molecule has 1 aliphatic rings. The van der Waals surface area contributed by atoms with Crippen LogP contribution < -0.4 is 19.7 Å². The Morgan fingerprint density at radius 1 is 1.08 bits per heavy atom. The number of ether oxygens (including phenoxy) is 2. The molecule has 8 heteroatoms. The molecule has 2 heterocycles. The fraction of sp³-hybridized carbons (Fsp3) is 0.393. The van der Waals surface area contributed by atoms with Gasteiger partial charge >= 0.3 is 0 Å². The summed E-state index contributed by atoms with van der Waals surface area (Å²) >= 11 is 1.26. The van der Waals surface area contributed by atoms with Crippen molar-refractivity contribution in [2.24, 2.45) is 0 Å². The van der Waals surface area contributed by atoms with Gasteiger partial charge in [-0.15, -0.1) is 11.3 Å². The number of benzene rings is 2. The van der Waals surface area contributed by atoms with Crippen LogP contribution >= 0.6 is 11.3 Å². The lowest BCUT2D eigenvalue weighted by molar-refractivity contribution is -0.114. The minimum atomic E-state index is -0.199. The van der Waals surface area contributed by atoms with E-state index in [1.807, 2.05) is 57.2 Å². The third-order valence-electron chi connectivity index (χ3n) is 6.03. The molecule has 0 bridgehead atoms. The minimum absolute atomic E-state index is 0.0365. The Morgan fingerprint density at radius 3 is 2.44 bits per heavy atom. The van der Waals surface area contributed by atoms with Crippen LogP contribution in [0.2, 0.25) is 0 Å². The zero-order chi connectivity index (χ0) is 25.7. The summed E-state index contributed by atoms with van der Waals surface area (Å²) in [6.45, 7) is 9.29. The van der Waals surface area contributed by atoms with Crippen molar-refractivity contribution in [3.05, 3.63) is 65.2 Å². The van der Waals surface area contributed by atoms with E-state index in [2.05, 4.69) is 27.3 Å². The van der Waals surface area contributed by atoms with Crippen LogP contribution in [0.3, 0.4) is 0 Å². The molecule has 0 radical (unpaired) electrons. The number of carbonyl (C=O) groups is 2. The van der Waals surface area contributed by atoms with Gasteiger partial charge in [-0.3, -0.25) is 9.59 Å². The van der Waals surface area contributed by atoms with Crippen molar-refractivity contribution in [1.29, 1.82) is 0 Å². The first kappa shape index (κ1) is 25.7. The summed E-state index contributed by atoms with van der Waals surface area (Å²) < 4.78 is 12.0. The Balaban J connectivity index is 1.27. The van der Waals surface area contributed by atoms with Crippen molar-refractivity contribution >= 4 is 33.8 Å². The highest BCUT2D eigenvalue weighted by molar-refractivity contribution is 7.14. The second-order valence-corrected chi connectivity index (χ2v) is 10.3. The van der Waals surface area contributed by atoms with Crippen LogP contribution in [0.4, 0.5) is 10.8 Å². The van der Waals surface area contributed by atoms with Crippen molar-refractivity contribution in [2.75, 3.05) is 23.3 Å². The largest absolute Gasteiger partial charge is 0.491 e. The van der Waals surface area contributed by atoms with Crippen LogP contribution in [-0.4, -0.2) is 42.0 Å². The third-order valence-corrected chi connectivity index (χ3v) is 6.79. The average molecular weight is 508 g/mol. The van der Waals surface area contributed by atoms with Gasteiger partial charge in [0, 0.05) is 37.4 Å². The Morgan fingerprint density at radius 2 is 1.78 bits per heavy atom. The first-order valence-electron chi connectivity index (χ1n) is 12.3. The number of Topliss-reactive ketones (excluding diaryl/α,β-unsaturated/α-hetero) is 1. The predicted octanol–water partition coefficient (Wildman–Crippen LogP) is 5.92. The molecule has 1 aromatic heterocycles. The number of anilines is 2. The molecule has 2 aromatic carbocycles. The van der Waals surface area contributed by atoms with Crippen LogP contribution in [0, 0.1) is 0 Å². The Labute approximate surface area is 216 Å². The van der Waals surface area contributed by atoms with Gasteiger partial charge < -0.3 is 19.7 Å². The highest BCUT2D eigenvalue weighted by atomic mass is 32.1. The Kier molecular flexibility index (Phi) is 8.25. The van der Waals surface area contributed by atoms with E-state index in [9.17, 15) is 9.59 Å². The van der Waals surface area contributed by atoms with Gasteiger partial charge in [0.05, 0.1) is 12.6 Å². The molecule has 1 unspecified atom stereocenters. The van der Waals surface area contributed by atoms with Crippen LogP contribution in [0.1, 0.15) is 62.5 Å². The maximum atomic E-state index is 12.6. The standard InChI is InChI=1S/C28H33N3O4S/c1-18(2)34-23-11-7-22(8-12-23)31-14-13-25(16-31)35-24-9-5-21(6-10-24)19(3)15-27(33)26-17-36-28(30-26)29-20(4)32/h5-12,17-19,25H,13-16H2,1-4H3,(H,29,30,32)/t19-,25?/m1/s1. The van der Waals surface area contributed by atoms with Gasteiger partial charge in [-0.2, -0.15) is 0 Å². The van der Waals surface area contributed by atoms with E-state index in [1.165, 1.54) is 23.9 Å². The van der Waals surface area contributed by atoms with Gasteiger partial charge in [0.15, 0.2) is 10.9 Å². The Hall–Kier alpha value is -3.39. The van der Waals surface area contributed by atoms with Gasteiger partial charge in [0.25, 0.3) is 0 Å². The first-order valence-corrected chi connectivity index (χ1v) is 13.2. The molecule has 36 heavy (non-hydrogen) atoms. The summed E-state index contributed by atoms with van der Waals surface area (Å²) in [5.41, 5.74) is 2.64. The van der Waals surface area contributed by atoms with Crippen molar-refractivity contribution in [3.8, 4) is 11.5 Å². The quantitative estimate of drug-likeness (QED) is 0.343. The van der Waals surface area contributed by atoms with Crippen LogP contribution in [0.5, 0.6) is 11.5 Å². The number of hydrogen-bond acceptors (Lipinski definition) is 7. The smallest absolute Gasteiger partial charge is 0.223 e. The molecule has 2 atom stereocenters. The van der Waals surface area contributed by atoms with E-state index in [4.69, 9.17) is 9.47 Å². The lowest BCUT2D eigenvalue weighted by Crippen LogP contribution is -2.24. The second kappa shape index (κ2) is 11.6. The SMILES string of the molecule is CC(=O)Nc1nc(C(=O)C[C@@H](C)c2ccc(OC3CCN(c4ccc(OC(C)C)cc4)C3)cc2)cs1. The van der Waals surface area contributed by atoms with E-state index in [0.717, 1.165) is 36.6 Å². The summed E-state index contributed by atoms with van der Waals surface area (Å²) in [7, 11) is 0. The molecule has 1 aliphatic heterocycles. The summed E-state index contributed by atoms with van der Waals surface area (Å²) in [6, 6.07) is 16.3. The second-order valence-electron chi connectivity index (χ2n) is 9.45. The molecule has 3 aromatic rings. The maximum absolute atomic E-state index is 12.6. The zero-order valence-corrected chi connectivity index (χ0v) is 22.0. The number of thiazole rings is 1. The van der Waals surface area contributed by atoms with Crippen LogP contribution in [0.25, 0.3) is 0 Å². The molecule has 1 amide bonds. The lowest BCUT2D eigenvalue weighted by Gasteiger charge is -2.20. The number of nitrogens with one attached hydrogen (secondary N) is 1. The number of aromatic nitrogens is 1. The molecular formula is C28H33N3O4S. The molecule has 1 fully saturated rings. The molecular weight excluding hydrogens is 474 g/mol. The zero-order valence-electron chi connectivity index (χ0n) is 21.2. The molecule has 190 valence electrons. The number of ketones is 1. The van der Waals surface area contributed by atoms with Gasteiger partial charge in [0.2, 0.25) is 5.91 Å². The van der Waals surface area contributed by atoms with Gasteiger partial charge in [0.1, 0.15) is 23.3 Å². The van der Waals surface area contributed by atoms with E-state index in [-0.39, 0.29) is 29.8 Å². The van der Waals surface area contributed by atoms with Gasteiger partial charge in [-0.25, -0.2) is 4.98 Å². The number of hydrogen-bond donors (Lipinski definition) is 1. The van der Waals surface area contributed by atoms with Crippen molar-refractivity contribution in [3.63, 3.8) is 0 Å². The molecule has 0 saturated carbocycles. The van der Waals surface area contributed by atoms with Crippen LogP contribution in [-0.2, 0) is 4.79 Å². The summed E-state index contributed by atoms with van der Waals surface area (Å²) in [5.74, 6) is 1.53. The predicted molar refractivity (Wildman–Crippen MR) is 144 cm³/mol. The van der Waals surface area contributed by atoms with E-state index < -0.39 is 0 Å². The van der Waals surface area contributed by atoms with Gasteiger partial charge in [-0.05, 0) is 61.7 Å². The van der Waals surface area contributed by atoms with E-state index >= 15 is 0 Å². The molecule has 1 N–H and O–H groups in total. The number of rotatable bonds is 10. The Bertz CT molecular complexity index is 1170. The molecule has 7 nitrogen and oxygen atoms in total. The molecule has 0 aliphatic carbocycles. The summed E-state index contributed by atoms with van der Waals surface area (Å²) in [4.78, 5) is 30.4. The fourth-order valence-electron chi connectivity index (χ4n) is 4.24. The highest BCUT2D eigenvalue weighted by Gasteiger charge is 2.24. The highest BCUT2D eigenvalue weighted by Crippen LogP contribution is 2.28.